The number of anilines is 1. The number of fused-ring (bicyclic) bond motifs is 1. The van der Waals surface area contributed by atoms with Crippen LogP contribution in [0.1, 0.15) is 48.7 Å². The molecule has 0 unspecified atom stereocenters. The molecule has 1 aromatic carbocycles. The van der Waals surface area contributed by atoms with Gasteiger partial charge in [-0.05, 0) is 68.3 Å². The first-order chi connectivity index (χ1) is 16.9. The number of likely N-dealkylation sites (N-methyl/N-ethyl adjacent to an activating group) is 1. The molecule has 2 aromatic heterocycles. The van der Waals surface area contributed by atoms with Gasteiger partial charge in [0.15, 0.2) is 0 Å². The van der Waals surface area contributed by atoms with Crippen LogP contribution in [0, 0.1) is 17.2 Å². The molecule has 9 heteroatoms. The Labute approximate surface area is 208 Å². The van der Waals surface area contributed by atoms with Gasteiger partial charge in [0, 0.05) is 18.3 Å². The van der Waals surface area contributed by atoms with Crippen LogP contribution in [-0.4, -0.2) is 42.0 Å². The van der Waals surface area contributed by atoms with Crippen LogP contribution < -0.4 is 10.2 Å². The predicted molar refractivity (Wildman–Crippen MR) is 134 cm³/mol. The maximum atomic E-state index is 13.4. The van der Waals surface area contributed by atoms with Crippen molar-refractivity contribution >= 4 is 45.0 Å². The topological polar surface area (TPSA) is 104 Å². The summed E-state index contributed by atoms with van der Waals surface area (Å²) in [5.41, 5.74) is 2.41. The third kappa shape index (κ3) is 5.23. The highest BCUT2D eigenvalue weighted by Gasteiger charge is 2.29. The fourth-order valence-electron chi connectivity index (χ4n) is 4.70. The molecule has 0 saturated heterocycles. The number of aromatic nitrogens is 1. The molecule has 3 aromatic rings. The van der Waals surface area contributed by atoms with Crippen molar-refractivity contribution in [2.24, 2.45) is 5.92 Å². The summed E-state index contributed by atoms with van der Waals surface area (Å²) in [6, 6.07) is 12.8. The largest absolute Gasteiger partial charge is 0.469 e. The molecule has 1 aliphatic carbocycles. The summed E-state index contributed by atoms with van der Waals surface area (Å²) < 4.78 is 7.55. The van der Waals surface area contributed by atoms with E-state index < -0.39 is 0 Å². The number of thiophene rings is 1. The molecular weight excluding hydrogens is 464 g/mol. The van der Waals surface area contributed by atoms with Gasteiger partial charge in [0.2, 0.25) is 5.91 Å². The highest BCUT2D eigenvalue weighted by molar-refractivity contribution is 7.17. The maximum Gasteiger partial charge on any atom is 0.308 e. The van der Waals surface area contributed by atoms with Gasteiger partial charge in [-0.2, -0.15) is 5.26 Å². The third-order valence-electron chi connectivity index (χ3n) is 6.55. The Morgan fingerprint density at radius 2 is 1.97 bits per heavy atom. The Morgan fingerprint density at radius 3 is 2.66 bits per heavy atom. The quantitative estimate of drug-likeness (QED) is 0.500. The number of rotatable bonds is 7. The molecule has 1 fully saturated rings. The van der Waals surface area contributed by atoms with E-state index in [0.717, 1.165) is 10.2 Å². The lowest BCUT2D eigenvalue weighted by Crippen LogP contribution is -2.40. The van der Waals surface area contributed by atoms with Gasteiger partial charge in [-0.3, -0.25) is 14.4 Å². The number of carbonyl (C=O) groups is 3. The molecule has 0 spiro atoms. The second kappa shape index (κ2) is 10.7. The Bertz CT molecular complexity index is 1280. The Kier molecular flexibility index (Phi) is 7.51. The SMILES string of the molecule is CCN(C(=O)Cn1c(C(=O)NC2CCC(C(=O)OC)CC2)cc2sccc21)c1cccc(C#N)c1. The molecule has 1 saturated carbocycles. The molecule has 4 rings (SSSR count). The molecule has 0 radical (unpaired) electrons. The molecule has 0 aliphatic heterocycles. The number of benzene rings is 1. The summed E-state index contributed by atoms with van der Waals surface area (Å²) in [6.45, 7) is 2.32. The molecule has 182 valence electrons. The van der Waals surface area contributed by atoms with Crippen molar-refractivity contribution in [2.75, 3.05) is 18.6 Å². The van der Waals surface area contributed by atoms with Crippen LogP contribution in [0.3, 0.4) is 0 Å². The van der Waals surface area contributed by atoms with E-state index in [1.807, 2.05) is 24.4 Å². The average Bonchev–Trinajstić information content (AvgIpc) is 3.47. The summed E-state index contributed by atoms with van der Waals surface area (Å²) in [5, 5.41) is 14.3. The molecule has 0 atom stereocenters. The Hall–Kier alpha value is -3.64. The van der Waals surface area contributed by atoms with Crippen molar-refractivity contribution in [2.45, 2.75) is 45.2 Å². The molecule has 1 N–H and O–H groups in total. The van der Waals surface area contributed by atoms with E-state index in [-0.39, 0.29) is 36.3 Å². The molecule has 2 amide bonds. The summed E-state index contributed by atoms with van der Waals surface area (Å²) >= 11 is 1.52. The van der Waals surface area contributed by atoms with Crippen molar-refractivity contribution < 1.29 is 19.1 Å². The van der Waals surface area contributed by atoms with Gasteiger partial charge in [0.25, 0.3) is 5.91 Å². The predicted octanol–water partition coefficient (Wildman–Crippen LogP) is 4.09. The molecule has 1 aliphatic rings. The highest BCUT2D eigenvalue weighted by atomic mass is 32.1. The zero-order valence-electron chi connectivity index (χ0n) is 19.8. The van der Waals surface area contributed by atoms with Crippen molar-refractivity contribution in [3.63, 3.8) is 0 Å². The van der Waals surface area contributed by atoms with Gasteiger partial charge in [-0.25, -0.2) is 0 Å². The fraction of sp³-hybridized carbons (Fsp3) is 0.385. The molecule has 8 nitrogen and oxygen atoms in total. The number of hydrogen-bond acceptors (Lipinski definition) is 6. The van der Waals surface area contributed by atoms with E-state index in [1.54, 1.807) is 33.7 Å². The molecular formula is C26H28N4O4S. The molecule has 2 heterocycles. The number of ether oxygens (including phenoxy) is 1. The summed E-state index contributed by atoms with van der Waals surface area (Å²) in [7, 11) is 1.40. The minimum absolute atomic E-state index is 0.00267. The smallest absolute Gasteiger partial charge is 0.308 e. The second-order valence-electron chi connectivity index (χ2n) is 8.63. The monoisotopic (exact) mass is 492 g/mol. The molecule has 0 bridgehead atoms. The minimum Gasteiger partial charge on any atom is -0.469 e. The number of hydrogen-bond donors (Lipinski definition) is 1. The van der Waals surface area contributed by atoms with Gasteiger partial charge in [0.1, 0.15) is 12.2 Å². The lowest BCUT2D eigenvalue weighted by Gasteiger charge is -2.27. The zero-order chi connectivity index (χ0) is 24.9. The van der Waals surface area contributed by atoms with Crippen LogP contribution in [0.5, 0.6) is 0 Å². The number of nitrogens with one attached hydrogen (secondary N) is 1. The first kappa shape index (κ1) is 24.5. The van der Waals surface area contributed by atoms with E-state index in [0.29, 0.717) is 49.2 Å². The van der Waals surface area contributed by atoms with Gasteiger partial charge in [-0.15, -0.1) is 11.3 Å². The first-order valence-corrected chi connectivity index (χ1v) is 12.6. The van der Waals surface area contributed by atoms with E-state index >= 15 is 0 Å². The number of carbonyl (C=O) groups excluding carboxylic acids is 3. The fourth-order valence-corrected chi connectivity index (χ4v) is 5.52. The number of esters is 1. The normalized spacial score (nSPS) is 17.5. The van der Waals surface area contributed by atoms with Gasteiger partial charge in [-0.1, -0.05) is 6.07 Å². The van der Waals surface area contributed by atoms with E-state index in [4.69, 9.17) is 4.74 Å². The van der Waals surface area contributed by atoms with Crippen LogP contribution in [-0.2, 0) is 20.9 Å². The number of nitrogens with zero attached hydrogens (tertiary/aromatic N) is 3. The lowest BCUT2D eigenvalue weighted by molar-refractivity contribution is -0.146. The van der Waals surface area contributed by atoms with Crippen molar-refractivity contribution in [3.05, 3.63) is 53.0 Å². The standard InChI is InChI=1S/C26H28N4O4S/c1-3-29(20-6-4-5-17(13-20)15-27)24(31)16-30-21-11-12-35-23(21)14-22(30)25(32)28-19-9-7-18(8-10-19)26(33)34-2/h4-6,11-14,18-19H,3,7-10,16H2,1-2H3,(H,28,32). The summed E-state index contributed by atoms with van der Waals surface area (Å²) in [6.07, 6.45) is 2.77. The van der Waals surface area contributed by atoms with Crippen molar-refractivity contribution in [1.29, 1.82) is 5.26 Å². The third-order valence-corrected chi connectivity index (χ3v) is 7.40. The summed E-state index contributed by atoms with van der Waals surface area (Å²) in [4.78, 5) is 40.0. The Morgan fingerprint density at radius 1 is 1.20 bits per heavy atom. The lowest BCUT2D eigenvalue weighted by atomic mass is 9.86. The van der Waals surface area contributed by atoms with E-state index in [1.165, 1.54) is 18.4 Å². The highest BCUT2D eigenvalue weighted by Crippen LogP contribution is 2.28. The van der Waals surface area contributed by atoms with Gasteiger partial charge < -0.3 is 19.5 Å². The van der Waals surface area contributed by atoms with Crippen LogP contribution >= 0.6 is 11.3 Å². The average molecular weight is 493 g/mol. The number of methoxy groups -OCH3 is 1. The second-order valence-corrected chi connectivity index (χ2v) is 9.58. The minimum atomic E-state index is -0.225. The molecule has 35 heavy (non-hydrogen) atoms. The van der Waals surface area contributed by atoms with E-state index in [9.17, 15) is 19.6 Å². The van der Waals surface area contributed by atoms with Crippen LogP contribution in [0.25, 0.3) is 10.2 Å². The van der Waals surface area contributed by atoms with Gasteiger partial charge in [0.05, 0.1) is 34.9 Å². The van der Waals surface area contributed by atoms with Crippen molar-refractivity contribution in [3.8, 4) is 6.07 Å². The van der Waals surface area contributed by atoms with Crippen LogP contribution in [0.2, 0.25) is 0 Å². The van der Waals surface area contributed by atoms with E-state index in [2.05, 4.69) is 11.4 Å². The van der Waals surface area contributed by atoms with Gasteiger partial charge >= 0.3 is 5.97 Å². The summed E-state index contributed by atoms with van der Waals surface area (Å²) in [5.74, 6) is -0.695. The van der Waals surface area contributed by atoms with Crippen LogP contribution in [0.15, 0.2) is 41.8 Å². The Balaban J connectivity index is 1.52. The van der Waals surface area contributed by atoms with Crippen molar-refractivity contribution in [1.82, 2.24) is 9.88 Å². The maximum absolute atomic E-state index is 13.4. The van der Waals surface area contributed by atoms with Crippen LogP contribution in [0.4, 0.5) is 5.69 Å². The number of amides is 2. The first-order valence-electron chi connectivity index (χ1n) is 11.7. The zero-order valence-corrected chi connectivity index (χ0v) is 20.6. The number of nitriles is 1.